The monoisotopic (exact) mass is 293 g/mol. The number of ether oxygens (including phenoxy) is 1. The molecule has 1 aromatic carbocycles. The Kier molecular flexibility index (Phi) is 4.60. The second-order valence-electron chi connectivity index (χ2n) is 3.66. The standard InChI is InChI=1S/C14H12ClNO2S/c1-18-13-5-4-10(15)9-11(13)16-7-6-12(17)14-3-2-8-19-14/h2-9,16H,1H3. The van der Waals surface area contributed by atoms with E-state index >= 15 is 0 Å². The van der Waals surface area contributed by atoms with Crippen LogP contribution in [-0.4, -0.2) is 12.9 Å². The highest BCUT2D eigenvalue weighted by Gasteiger charge is 2.03. The van der Waals surface area contributed by atoms with Crippen molar-refractivity contribution in [2.75, 3.05) is 12.4 Å². The fourth-order valence-electron chi connectivity index (χ4n) is 1.50. The summed E-state index contributed by atoms with van der Waals surface area (Å²) in [6.45, 7) is 0. The van der Waals surface area contributed by atoms with Crippen LogP contribution < -0.4 is 10.1 Å². The number of nitrogens with one attached hydrogen (secondary N) is 1. The van der Waals surface area contributed by atoms with E-state index in [2.05, 4.69) is 5.32 Å². The Balaban J connectivity index is 2.06. The van der Waals surface area contributed by atoms with Crippen molar-refractivity contribution in [3.8, 4) is 5.75 Å². The van der Waals surface area contributed by atoms with Gasteiger partial charge in [-0.1, -0.05) is 17.7 Å². The molecule has 3 nitrogen and oxygen atoms in total. The molecule has 0 aliphatic heterocycles. The highest BCUT2D eigenvalue weighted by atomic mass is 35.5. The van der Waals surface area contributed by atoms with Crippen LogP contribution in [-0.2, 0) is 0 Å². The van der Waals surface area contributed by atoms with Gasteiger partial charge in [0.1, 0.15) is 5.75 Å². The molecule has 98 valence electrons. The third-order valence-electron chi connectivity index (χ3n) is 2.40. The van der Waals surface area contributed by atoms with Crippen LogP contribution in [0.3, 0.4) is 0 Å². The lowest BCUT2D eigenvalue weighted by molar-refractivity contribution is 0.105. The van der Waals surface area contributed by atoms with Crippen molar-refractivity contribution in [1.29, 1.82) is 0 Å². The third kappa shape index (κ3) is 3.59. The van der Waals surface area contributed by atoms with E-state index in [-0.39, 0.29) is 5.78 Å². The van der Waals surface area contributed by atoms with Gasteiger partial charge in [0.2, 0.25) is 0 Å². The number of allylic oxidation sites excluding steroid dienone is 1. The van der Waals surface area contributed by atoms with E-state index < -0.39 is 0 Å². The fourth-order valence-corrected chi connectivity index (χ4v) is 2.32. The lowest BCUT2D eigenvalue weighted by atomic mass is 10.3. The van der Waals surface area contributed by atoms with Gasteiger partial charge in [-0.15, -0.1) is 11.3 Å². The minimum Gasteiger partial charge on any atom is -0.495 e. The quantitative estimate of drug-likeness (QED) is 0.662. The molecule has 5 heteroatoms. The average molecular weight is 294 g/mol. The van der Waals surface area contributed by atoms with Crippen LogP contribution in [0.1, 0.15) is 9.67 Å². The van der Waals surface area contributed by atoms with E-state index in [1.165, 1.54) is 17.4 Å². The Hall–Kier alpha value is -1.78. The number of carbonyl (C=O) groups is 1. The second-order valence-corrected chi connectivity index (χ2v) is 5.05. The molecule has 0 saturated carbocycles. The lowest BCUT2D eigenvalue weighted by Crippen LogP contribution is -1.95. The molecule has 0 unspecified atom stereocenters. The van der Waals surface area contributed by atoms with Gasteiger partial charge in [-0.05, 0) is 29.6 Å². The number of anilines is 1. The first-order valence-electron chi connectivity index (χ1n) is 5.55. The molecule has 0 bridgehead atoms. The minimum absolute atomic E-state index is 0.0384. The smallest absolute Gasteiger partial charge is 0.197 e. The Bertz CT molecular complexity index is 593. The predicted molar refractivity (Wildman–Crippen MR) is 79.4 cm³/mol. The Morgan fingerprint density at radius 3 is 2.95 bits per heavy atom. The van der Waals surface area contributed by atoms with Gasteiger partial charge in [-0.2, -0.15) is 0 Å². The molecule has 0 amide bonds. The van der Waals surface area contributed by atoms with Crippen molar-refractivity contribution in [1.82, 2.24) is 0 Å². The molecule has 0 aliphatic rings. The number of benzene rings is 1. The number of hydrogen-bond acceptors (Lipinski definition) is 4. The maximum absolute atomic E-state index is 11.7. The number of hydrogen-bond donors (Lipinski definition) is 1. The summed E-state index contributed by atoms with van der Waals surface area (Å²) in [6.07, 6.45) is 3.06. The number of rotatable bonds is 5. The summed E-state index contributed by atoms with van der Waals surface area (Å²) in [7, 11) is 1.58. The van der Waals surface area contributed by atoms with E-state index in [9.17, 15) is 4.79 Å². The summed E-state index contributed by atoms with van der Waals surface area (Å²) in [5, 5.41) is 5.46. The molecule has 0 aliphatic carbocycles. The summed E-state index contributed by atoms with van der Waals surface area (Å²) < 4.78 is 5.19. The van der Waals surface area contributed by atoms with Crippen LogP contribution in [0, 0.1) is 0 Å². The van der Waals surface area contributed by atoms with Crippen molar-refractivity contribution < 1.29 is 9.53 Å². The number of methoxy groups -OCH3 is 1. The van der Waals surface area contributed by atoms with Crippen LogP contribution in [0.15, 0.2) is 48.0 Å². The van der Waals surface area contributed by atoms with Gasteiger partial charge in [-0.3, -0.25) is 4.79 Å². The molecule has 0 saturated heterocycles. The first kappa shape index (κ1) is 13.6. The van der Waals surface area contributed by atoms with Crippen molar-refractivity contribution in [3.63, 3.8) is 0 Å². The van der Waals surface area contributed by atoms with Gasteiger partial charge in [0.15, 0.2) is 5.78 Å². The Labute approximate surface area is 120 Å². The van der Waals surface area contributed by atoms with Crippen LogP contribution in [0.25, 0.3) is 0 Å². The summed E-state index contributed by atoms with van der Waals surface area (Å²) in [5.74, 6) is 0.626. The first-order chi connectivity index (χ1) is 9.20. The van der Waals surface area contributed by atoms with Crippen molar-refractivity contribution in [2.45, 2.75) is 0 Å². The molecule has 2 aromatic rings. The molecule has 1 N–H and O–H groups in total. The zero-order chi connectivity index (χ0) is 13.7. The highest BCUT2D eigenvalue weighted by molar-refractivity contribution is 7.12. The van der Waals surface area contributed by atoms with Crippen molar-refractivity contribution in [3.05, 3.63) is 57.9 Å². The molecule has 2 rings (SSSR count). The lowest BCUT2D eigenvalue weighted by Gasteiger charge is -2.08. The number of thiophene rings is 1. The maximum atomic E-state index is 11.7. The maximum Gasteiger partial charge on any atom is 0.197 e. The van der Waals surface area contributed by atoms with Gasteiger partial charge < -0.3 is 10.1 Å². The number of ketones is 1. The molecule has 0 spiro atoms. The second kappa shape index (κ2) is 6.41. The van der Waals surface area contributed by atoms with E-state index in [1.807, 2.05) is 11.4 Å². The van der Waals surface area contributed by atoms with E-state index in [0.717, 1.165) is 0 Å². The topological polar surface area (TPSA) is 38.3 Å². The number of halogens is 1. The third-order valence-corrected chi connectivity index (χ3v) is 3.52. The molecular formula is C14H12ClNO2S. The summed E-state index contributed by atoms with van der Waals surface area (Å²) in [5.41, 5.74) is 0.713. The van der Waals surface area contributed by atoms with Crippen LogP contribution in [0.2, 0.25) is 5.02 Å². The first-order valence-corrected chi connectivity index (χ1v) is 6.81. The van der Waals surface area contributed by atoms with Crippen molar-refractivity contribution >= 4 is 34.4 Å². The number of carbonyl (C=O) groups excluding carboxylic acids is 1. The molecule has 0 fully saturated rings. The molecule has 1 heterocycles. The fraction of sp³-hybridized carbons (Fsp3) is 0.0714. The van der Waals surface area contributed by atoms with Gasteiger partial charge in [0, 0.05) is 17.3 Å². The highest BCUT2D eigenvalue weighted by Crippen LogP contribution is 2.27. The van der Waals surface area contributed by atoms with Crippen LogP contribution in [0.5, 0.6) is 5.75 Å². The van der Waals surface area contributed by atoms with Crippen LogP contribution >= 0.6 is 22.9 Å². The average Bonchev–Trinajstić information content (AvgIpc) is 2.93. The molecule has 19 heavy (non-hydrogen) atoms. The minimum atomic E-state index is -0.0384. The van der Waals surface area contributed by atoms with E-state index in [1.54, 1.807) is 37.6 Å². The van der Waals surface area contributed by atoms with Gasteiger partial charge >= 0.3 is 0 Å². The normalized spacial score (nSPS) is 10.6. The van der Waals surface area contributed by atoms with Crippen molar-refractivity contribution in [2.24, 2.45) is 0 Å². The van der Waals surface area contributed by atoms with E-state index in [0.29, 0.717) is 21.3 Å². The molecule has 0 radical (unpaired) electrons. The largest absolute Gasteiger partial charge is 0.495 e. The summed E-state index contributed by atoms with van der Waals surface area (Å²) in [4.78, 5) is 12.4. The summed E-state index contributed by atoms with van der Waals surface area (Å²) in [6, 6.07) is 8.88. The molecular weight excluding hydrogens is 282 g/mol. The van der Waals surface area contributed by atoms with Gasteiger partial charge in [0.25, 0.3) is 0 Å². The van der Waals surface area contributed by atoms with Crippen LogP contribution in [0.4, 0.5) is 5.69 Å². The SMILES string of the molecule is COc1ccc(Cl)cc1NC=CC(=O)c1cccs1. The molecule has 0 atom stereocenters. The zero-order valence-electron chi connectivity index (χ0n) is 10.2. The van der Waals surface area contributed by atoms with E-state index in [4.69, 9.17) is 16.3 Å². The predicted octanol–water partition coefficient (Wildman–Crippen LogP) is 4.22. The Morgan fingerprint density at radius 2 is 2.26 bits per heavy atom. The summed E-state index contributed by atoms with van der Waals surface area (Å²) >= 11 is 7.32. The van der Waals surface area contributed by atoms with Gasteiger partial charge in [-0.25, -0.2) is 0 Å². The van der Waals surface area contributed by atoms with Gasteiger partial charge in [0.05, 0.1) is 17.7 Å². The zero-order valence-corrected chi connectivity index (χ0v) is 11.8. The Morgan fingerprint density at radius 1 is 1.42 bits per heavy atom. The molecule has 1 aromatic heterocycles.